The van der Waals surface area contributed by atoms with Crippen molar-refractivity contribution in [2.45, 2.75) is 44.0 Å². The van der Waals surface area contributed by atoms with Crippen LogP contribution in [-0.4, -0.2) is 39.7 Å². The minimum absolute atomic E-state index is 0.217. The molecule has 1 unspecified atom stereocenters. The molecule has 0 saturated heterocycles. The molecule has 0 amide bonds. The van der Waals surface area contributed by atoms with E-state index in [1.54, 1.807) is 7.11 Å². The van der Waals surface area contributed by atoms with Gasteiger partial charge in [0.2, 0.25) is 0 Å². The fourth-order valence-electron chi connectivity index (χ4n) is 3.07. The molecule has 0 radical (unpaired) electrons. The van der Waals surface area contributed by atoms with Crippen molar-refractivity contribution in [1.29, 1.82) is 0 Å². The zero-order valence-electron chi connectivity index (χ0n) is 17.8. The highest BCUT2D eigenvalue weighted by molar-refractivity contribution is 8.00. The molecule has 0 aliphatic rings. The highest BCUT2D eigenvalue weighted by Crippen LogP contribution is 2.33. The van der Waals surface area contributed by atoms with Crippen LogP contribution in [0.2, 0.25) is 0 Å². The summed E-state index contributed by atoms with van der Waals surface area (Å²) in [4.78, 5) is 12.5. The first-order valence-corrected chi connectivity index (χ1v) is 11.0. The third-order valence-corrected chi connectivity index (χ3v) is 5.79. The summed E-state index contributed by atoms with van der Waals surface area (Å²) >= 11 is 1.40. The number of rotatable bonds is 9. The van der Waals surface area contributed by atoms with Gasteiger partial charge in [-0.2, -0.15) is 0 Å². The molecule has 0 fully saturated rings. The van der Waals surface area contributed by atoms with Gasteiger partial charge in [0.1, 0.15) is 11.0 Å². The van der Waals surface area contributed by atoms with Crippen molar-refractivity contribution in [3.63, 3.8) is 0 Å². The van der Waals surface area contributed by atoms with Crippen LogP contribution in [0.5, 0.6) is 5.75 Å². The number of nitrogens with zero attached hydrogens (tertiary/aromatic N) is 3. The maximum Gasteiger partial charge on any atom is 0.319 e. The minimum Gasteiger partial charge on any atom is -0.497 e. The second-order valence-electron chi connectivity index (χ2n) is 6.86. The van der Waals surface area contributed by atoms with E-state index in [0.717, 1.165) is 23.4 Å². The van der Waals surface area contributed by atoms with E-state index in [9.17, 15) is 4.79 Å². The van der Waals surface area contributed by atoms with Crippen LogP contribution in [0.15, 0.2) is 53.7 Å². The largest absolute Gasteiger partial charge is 0.497 e. The second kappa shape index (κ2) is 10.3. The van der Waals surface area contributed by atoms with E-state index < -0.39 is 0 Å². The molecule has 6 nitrogen and oxygen atoms in total. The van der Waals surface area contributed by atoms with Gasteiger partial charge in [0.25, 0.3) is 0 Å². The Labute approximate surface area is 181 Å². The Hall–Kier alpha value is -2.80. The number of carbonyl (C=O) groups excluding carboxylic acids is 1. The number of ether oxygens (including phenoxy) is 2. The van der Waals surface area contributed by atoms with Gasteiger partial charge < -0.3 is 9.47 Å². The molecule has 3 rings (SSSR count). The third-order valence-electron chi connectivity index (χ3n) is 4.60. The monoisotopic (exact) mass is 425 g/mol. The van der Waals surface area contributed by atoms with Crippen molar-refractivity contribution in [1.82, 2.24) is 14.8 Å². The number of esters is 1. The lowest BCUT2D eigenvalue weighted by Gasteiger charge is -2.16. The summed E-state index contributed by atoms with van der Waals surface area (Å²) in [5.41, 5.74) is 2.99. The topological polar surface area (TPSA) is 66.2 Å². The maximum atomic E-state index is 12.5. The molecule has 1 aromatic heterocycles. The molecule has 7 heteroatoms. The lowest BCUT2D eigenvalue weighted by molar-refractivity contribution is -0.142. The van der Waals surface area contributed by atoms with Gasteiger partial charge in [0.15, 0.2) is 11.0 Å². The van der Waals surface area contributed by atoms with Gasteiger partial charge in [0, 0.05) is 11.3 Å². The maximum absolute atomic E-state index is 12.5. The number of benzene rings is 2. The van der Waals surface area contributed by atoms with E-state index >= 15 is 0 Å². The first kappa shape index (κ1) is 21.9. The average molecular weight is 426 g/mol. The number of methoxy groups -OCH3 is 1. The van der Waals surface area contributed by atoms with Gasteiger partial charge in [-0.05, 0) is 44.5 Å². The number of aryl methyl sites for hydroxylation is 1. The van der Waals surface area contributed by atoms with E-state index in [4.69, 9.17) is 9.47 Å². The van der Waals surface area contributed by atoms with E-state index in [2.05, 4.69) is 17.1 Å². The number of aromatic nitrogens is 3. The number of hydrogen-bond donors (Lipinski definition) is 0. The van der Waals surface area contributed by atoms with Crippen LogP contribution in [-0.2, 0) is 9.53 Å². The highest BCUT2D eigenvalue weighted by Gasteiger charge is 2.25. The standard InChI is InChI=1S/C23H27N3O3S/c1-5-8-20(22(27)29-6-2)30-23-25-24-21(17-9-7-10-19(15-17)28-4)26(23)18-13-11-16(3)12-14-18/h7,9-15,20H,5-6,8H2,1-4H3. The molecule has 1 atom stereocenters. The molecule has 0 aliphatic carbocycles. The number of hydrogen-bond acceptors (Lipinski definition) is 6. The van der Waals surface area contributed by atoms with Crippen LogP contribution < -0.4 is 4.74 Å². The van der Waals surface area contributed by atoms with Crippen molar-refractivity contribution < 1.29 is 14.3 Å². The first-order chi connectivity index (χ1) is 14.6. The Kier molecular flexibility index (Phi) is 7.52. The lowest BCUT2D eigenvalue weighted by atomic mass is 10.2. The predicted molar refractivity (Wildman–Crippen MR) is 119 cm³/mol. The smallest absolute Gasteiger partial charge is 0.319 e. The van der Waals surface area contributed by atoms with Crippen LogP contribution in [0.25, 0.3) is 17.1 Å². The van der Waals surface area contributed by atoms with Gasteiger partial charge >= 0.3 is 5.97 Å². The summed E-state index contributed by atoms with van der Waals surface area (Å²) in [5.74, 6) is 1.22. The van der Waals surface area contributed by atoms with E-state index in [1.165, 1.54) is 17.3 Å². The average Bonchev–Trinajstić information content (AvgIpc) is 3.18. The van der Waals surface area contributed by atoms with Crippen molar-refractivity contribution in [2.75, 3.05) is 13.7 Å². The van der Waals surface area contributed by atoms with Crippen molar-refractivity contribution in [3.8, 4) is 22.8 Å². The normalized spacial score (nSPS) is 11.9. The molecule has 0 aliphatic heterocycles. The van der Waals surface area contributed by atoms with Crippen molar-refractivity contribution in [2.24, 2.45) is 0 Å². The van der Waals surface area contributed by atoms with Crippen LogP contribution in [0.3, 0.4) is 0 Å². The summed E-state index contributed by atoms with van der Waals surface area (Å²) in [6.07, 6.45) is 1.58. The third kappa shape index (κ3) is 5.02. The van der Waals surface area contributed by atoms with Gasteiger partial charge in [0.05, 0.1) is 13.7 Å². The van der Waals surface area contributed by atoms with Crippen LogP contribution >= 0.6 is 11.8 Å². The second-order valence-corrected chi connectivity index (χ2v) is 8.03. The Balaban J connectivity index is 2.07. The fraction of sp³-hybridized carbons (Fsp3) is 0.348. The zero-order valence-corrected chi connectivity index (χ0v) is 18.6. The quantitative estimate of drug-likeness (QED) is 0.352. The number of carbonyl (C=O) groups is 1. The highest BCUT2D eigenvalue weighted by atomic mass is 32.2. The number of thioether (sulfide) groups is 1. The van der Waals surface area contributed by atoms with E-state index in [-0.39, 0.29) is 11.2 Å². The fourth-order valence-corrected chi connectivity index (χ4v) is 4.23. The van der Waals surface area contributed by atoms with Gasteiger partial charge in [-0.1, -0.05) is 54.9 Å². The molecular formula is C23H27N3O3S. The Morgan fingerprint density at radius 3 is 2.57 bits per heavy atom. The molecule has 0 N–H and O–H groups in total. The molecule has 30 heavy (non-hydrogen) atoms. The van der Waals surface area contributed by atoms with Crippen molar-refractivity contribution in [3.05, 3.63) is 54.1 Å². The summed E-state index contributed by atoms with van der Waals surface area (Å²) < 4.78 is 12.6. The molecule has 158 valence electrons. The molecule has 3 aromatic rings. The van der Waals surface area contributed by atoms with Crippen molar-refractivity contribution >= 4 is 17.7 Å². The lowest BCUT2D eigenvalue weighted by Crippen LogP contribution is -2.20. The summed E-state index contributed by atoms with van der Waals surface area (Å²) in [5, 5.41) is 9.23. The van der Waals surface area contributed by atoms with Crippen LogP contribution in [0, 0.1) is 6.92 Å². The predicted octanol–water partition coefficient (Wildman–Crippen LogP) is 5.08. The molecule has 1 heterocycles. The zero-order chi connectivity index (χ0) is 21.5. The Morgan fingerprint density at radius 1 is 1.13 bits per heavy atom. The molecule has 0 bridgehead atoms. The van der Waals surface area contributed by atoms with Gasteiger partial charge in [-0.3, -0.25) is 9.36 Å². The van der Waals surface area contributed by atoms with Crippen LogP contribution in [0.1, 0.15) is 32.3 Å². The summed E-state index contributed by atoms with van der Waals surface area (Å²) in [7, 11) is 1.64. The van der Waals surface area contributed by atoms with Gasteiger partial charge in [-0.15, -0.1) is 10.2 Å². The summed E-state index contributed by atoms with van der Waals surface area (Å²) in [6, 6.07) is 15.9. The molecular weight excluding hydrogens is 398 g/mol. The van der Waals surface area contributed by atoms with E-state index in [0.29, 0.717) is 24.0 Å². The Bertz CT molecular complexity index is 986. The Morgan fingerprint density at radius 2 is 1.90 bits per heavy atom. The molecule has 0 saturated carbocycles. The summed E-state index contributed by atoms with van der Waals surface area (Å²) in [6.45, 7) is 6.28. The SMILES string of the molecule is CCCC(Sc1nnc(-c2cccc(OC)c2)n1-c1ccc(C)cc1)C(=O)OCC. The van der Waals surface area contributed by atoms with Gasteiger partial charge in [-0.25, -0.2) is 0 Å². The van der Waals surface area contributed by atoms with Crippen LogP contribution in [0.4, 0.5) is 0 Å². The minimum atomic E-state index is -0.332. The first-order valence-electron chi connectivity index (χ1n) is 10.1. The molecule has 0 spiro atoms. The van der Waals surface area contributed by atoms with E-state index in [1.807, 2.05) is 66.9 Å². The molecule has 2 aromatic carbocycles.